The van der Waals surface area contributed by atoms with Gasteiger partial charge >= 0.3 is 12.0 Å². The fourth-order valence-electron chi connectivity index (χ4n) is 2.86. The normalized spacial score (nSPS) is 24.6. The minimum atomic E-state index is -0.876. The van der Waals surface area contributed by atoms with Crippen molar-refractivity contribution in [3.63, 3.8) is 0 Å². The van der Waals surface area contributed by atoms with E-state index in [1.807, 2.05) is 32.0 Å². The number of carbonyl (C=O) groups is 2. The molecule has 2 amide bonds. The van der Waals surface area contributed by atoms with Gasteiger partial charge in [0.2, 0.25) is 0 Å². The highest BCUT2D eigenvalue weighted by Crippen LogP contribution is 2.38. The summed E-state index contributed by atoms with van der Waals surface area (Å²) in [5, 5.41) is 15.0. The van der Waals surface area contributed by atoms with E-state index in [1.54, 1.807) is 6.92 Å². The van der Waals surface area contributed by atoms with Crippen molar-refractivity contribution in [1.82, 2.24) is 5.32 Å². The van der Waals surface area contributed by atoms with Crippen molar-refractivity contribution in [2.24, 2.45) is 5.41 Å². The number of carboxylic acids is 1. The van der Waals surface area contributed by atoms with E-state index in [4.69, 9.17) is 0 Å². The molecule has 0 bridgehead atoms. The van der Waals surface area contributed by atoms with Crippen LogP contribution < -0.4 is 10.6 Å². The molecule has 0 spiro atoms. The molecule has 21 heavy (non-hydrogen) atoms. The van der Waals surface area contributed by atoms with Crippen LogP contribution in [-0.2, 0) is 4.79 Å². The van der Waals surface area contributed by atoms with Crippen molar-refractivity contribution < 1.29 is 14.7 Å². The molecular weight excluding hydrogens is 268 g/mol. The van der Waals surface area contributed by atoms with Crippen LogP contribution >= 0.6 is 0 Å². The lowest BCUT2D eigenvalue weighted by Gasteiger charge is -2.27. The van der Waals surface area contributed by atoms with Crippen LogP contribution in [0.3, 0.4) is 0 Å². The molecule has 3 N–H and O–H groups in total. The number of carbonyl (C=O) groups excluding carboxylic acids is 1. The Morgan fingerprint density at radius 1 is 1.33 bits per heavy atom. The molecule has 1 aliphatic rings. The predicted molar refractivity (Wildman–Crippen MR) is 81.5 cm³/mol. The Morgan fingerprint density at radius 2 is 2.05 bits per heavy atom. The average molecular weight is 290 g/mol. The quantitative estimate of drug-likeness (QED) is 0.800. The predicted octanol–water partition coefficient (Wildman–Crippen LogP) is 3.07. The number of hydrogen-bond acceptors (Lipinski definition) is 2. The number of hydrogen-bond donors (Lipinski definition) is 3. The van der Waals surface area contributed by atoms with E-state index in [0.717, 1.165) is 23.2 Å². The van der Waals surface area contributed by atoms with Crippen LogP contribution in [0.4, 0.5) is 10.5 Å². The van der Waals surface area contributed by atoms with Gasteiger partial charge in [-0.15, -0.1) is 0 Å². The van der Waals surface area contributed by atoms with E-state index in [9.17, 15) is 14.7 Å². The van der Waals surface area contributed by atoms with Gasteiger partial charge < -0.3 is 15.7 Å². The number of urea groups is 1. The number of aliphatic carboxylic acids is 1. The summed E-state index contributed by atoms with van der Waals surface area (Å²) in [6.07, 6.45) is 2.11. The molecule has 2 atom stereocenters. The summed E-state index contributed by atoms with van der Waals surface area (Å²) in [4.78, 5) is 23.5. The summed E-state index contributed by atoms with van der Waals surface area (Å²) in [7, 11) is 0. The number of aryl methyl sites for hydroxylation is 1. The maximum atomic E-state index is 12.1. The third kappa shape index (κ3) is 3.01. The van der Waals surface area contributed by atoms with E-state index in [1.165, 1.54) is 0 Å². The van der Waals surface area contributed by atoms with Crippen LogP contribution in [0.25, 0.3) is 0 Å². The van der Waals surface area contributed by atoms with Gasteiger partial charge in [0.15, 0.2) is 0 Å². The van der Waals surface area contributed by atoms with Gasteiger partial charge in [0.05, 0.1) is 5.41 Å². The molecule has 1 saturated carbocycles. The number of anilines is 1. The smallest absolute Gasteiger partial charge is 0.319 e. The van der Waals surface area contributed by atoms with Crippen LogP contribution in [0.1, 0.15) is 37.3 Å². The van der Waals surface area contributed by atoms with Crippen LogP contribution in [0, 0.1) is 19.3 Å². The largest absolute Gasteiger partial charge is 0.481 e. The summed E-state index contributed by atoms with van der Waals surface area (Å²) in [5.41, 5.74) is 1.99. The summed E-state index contributed by atoms with van der Waals surface area (Å²) in [5.74, 6) is -0.850. The summed E-state index contributed by atoms with van der Waals surface area (Å²) >= 11 is 0. The number of rotatable bonds is 3. The molecule has 0 heterocycles. The maximum Gasteiger partial charge on any atom is 0.319 e. The van der Waals surface area contributed by atoms with Gasteiger partial charge in [-0.2, -0.15) is 0 Å². The van der Waals surface area contributed by atoms with E-state index in [2.05, 4.69) is 10.6 Å². The Kier molecular flexibility index (Phi) is 4.21. The third-order valence-electron chi connectivity index (χ3n) is 4.60. The van der Waals surface area contributed by atoms with E-state index in [-0.39, 0.29) is 12.1 Å². The highest BCUT2D eigenvalue weighted by atomic mass is 16.4. The molecule has 2 unspecified atom stereocenters. The zero-order chi connectivity index (χ0) is 15.6. The minimum absolute atomic E-state index is 0.333. The first-order chi connectivity index (χ1) is 9.84. The van der Waals surface area contributed by atoms with Gasteiger partial charge in [0, 0.05) is 11.7 Å². The first kappa shape index (κ1) is 15.4. The van der Waals surface area contributed by atoms with E-state index >= 15 is 0 Å². The molecule has 2 rings (SSSR count). The molecule has 0 aliphatic heterocycles. The molecule has 0 saturated heterocycles. The van der Waals surface area contributed by atoms with Crippen LogP contribution in [0.5, 0.6) is 0 Å². The SMILES string of the molecule is Cc1cccc(NC(=O)NC2CCCC2(C)C(=O)O)c1C. The fraction of sp³-hybridized carbons (Fsp3) is 0.500. The first-order valence-corrected chi connectivity index (χ1v) is 7.22. The van der Waals surface area contributed by atoms with Crippen molar-refractivity contribution >= 4 is 17.7 Å². The third-order valence-corrected chi connectivity index (χ3v) is 4.60. The van der Waals surface area contributed by atoms with Gasteiger partial charge in [0.25, 0.3) is 0 Å². The van der Waals surface area contributed by atoms with Gasteiger partial charge in [0.1, 0.15) is 0 Å². The molecule has 5 heteroatoms. The minimum Gasteiger partial charge on any atom is -0.481 e. The van der Waals surface area contributed by atoms with E-state index < -0.39 is 11.4 Å². The molecule has 1 fully saturated rings. The Balaban J connectivity index is 2.05. The van der Waals surface area contributed by atoms with Crippen LogP contribution in [0.2, 0.25) is 0 Å². The standard InChI is InChI=1S/C16H22N2O3/c1-10-6-4-7-12(11(10)2)17-15(21)18-13-8-5-9-16(13,3)14(19)20/h4,6-7,13H,5,8-9H2,1-3H3,(H,19,20)(H2,17,18,21). The van der Waals surface area contributed by atoms with Crippen molar-refractivity contribution in [2.75, 3.05) is 5.32 Å². The van der Waals surface area contributed by atoms with Crippen molar-refractivity contribution in [2.45, 2.75) is 46.1 Å². The van der Waals surface area contributed by atoms with Gasteiger partial charge in [-0.3, -0.25) is 4.79 Å². The van der Waals surface area contributed by atoms with Gasteiger partial charge in [-0.1, -0.05) is 18.6 Å². The number of carboxylic acid groups (broad SMARTS) is 1. The van der Waals surface area contributed by atoms with Crippen molar-refractivity contribution in [3.05, 3.63) is 29.3 Å². The molecule has 0 radical (unpaired) electrons. The van der Waals surface area contributed by atoms with Gasteiger partial charge in [-0.25, -0.2) is 4.79 Å². The summed E-state index contributed by atoms with van der Waals surface area (Å²) < 4.78 is 0. The molecule has 1 aromatic carbocycles. The fourth-order valence-corrected chi connectivity index (χ4v) is 2.86. The lowest BCUT2D eigenvalue weighted by molar-refractivity contribution is -0.148. The highest BCUT2D eigenvalue weighted by molar-refractivity contribution is 5.91. The van der Waals surface area contributed by atoms with Crippen LogP contribution in [0.15, 0.2) is 18.2 Å². The molecular formula is C16H22N2O3. The Hall–Kier alpha value is -2.04. The average Bonchev–Trinajstić information content (AvgIpc) is 2.78. The molecule has 1 aromatic rings. The molecule has 114 valence electrons. The van der Waals surface area contributed by atoms with Crippen molar-refractivity contribution in [3.8, 4) is 0 Å². The lowest BCUT2D eigenvalue weighted by atomic mass is 9.85. The Labute approximate surface area is 124 Å². The molecule has 1 aliphatic carbocycles. The topological polar surface area (TPSA) is 78.4 Å². The number of nitrogens with one attached hydrogen (secondary N) is 2. The number of benzene rings is 1. The summed E-state index contributed by atoms with van der Waals surface area (Å²) in [6.45, 7) is 5.63. The Bertz CT molecular complexity index is 571. The second-order valence-corrected chi connectivity index (χ2v) is 6.01. The maximum absolute atomic E-state index is 12.1. The second kappa shape index (κ2) is 5.76. The molecule has 5 nitrogen and oxygen atoms in total. The van der Waals surface area contributed by atoms with Crippen molar-refractivity contribution in [1.29, 1.82) is 0 Å². The van der Waals surface area contributed by atoms with Crippen LogP contribution in [-0.4, -0.2) is 23.1 Å². The lowest BCUT2D eigenvalue weighted by Crippen LogP contribution is -2.48. The Morgan fingerprint density at radius 3 is 2.71 bits per heavy atom. The first-order valence-electron chi connectivity index (χ1n) is 7.22. The number of amides is 2. The highest BCUT2D eigenvalue weighted by Gasteiger charge is 2.45. The zero-order valence-corrected chi connectivity index (χ0v) is 12.7. The zero-order valence-electron chi connectivity index (χ0n) is 12.7. The van der Waals surface area contributed by atoms with E-state index in [0.29, 0.717) is 12.8 Å². The molecule has 0 aromatic heterocycles. The monoisotopic (exact) mass is 290 g/mol. The second-order valence-electron chi connectivity index (χ2n) is 6.01. The summed E-state index contributed by atoms with van der Waals surface area (Å²) in [6, 6.07) is 5.03. The van der Waals surface area contributed by atoms with Gasteiger partial charge in [-0.05, 0) is 50.8 Å².